The molecule has 2 rings (SSSR count). The van der Waals surface area contributed by atoms with Gasteiger partial charge in [0.15, 0.2) is 0 Å². The van der Waals surface area contributed by atoms with Crippen molar-refractivity contribution in [3.8, 4) is 0 Å². The molecule has 1 heterocycles. The Morgan fingerprint density at radius 3 is 2.89 bits per heavy atom. The van der Waals surface area contributed by atoms with E-state index >= 15 is 0 Å². The van der Waals surface area contributed by atoms with Gasteiger partial charge < -0.3 is 5.73 Å². The molecule has 0 aromatic carbocycles. The van der Waals surface area contributed by atoms with Crippen LogP contribution in [0.4, 0.5) is 0 Å². The van der Waals surface area contributed by atoms with E-state index in [9.17, 15) is 0 Å². The van der Waals surface area contributed by atoms with E-state index in [4.69, 9.17) is 5.73 Å². The third-order valence-corrected chi connectivity index (χ3v) is 1.40. The van der Waals surface area contributed by atoms with Gasteiger partial charge in [0.1, 0.15) is 0 Å². The molecule has 0 spiro atoms. The minimum Gasteiger partial charge on any atom is -0.399 e. The van der Waals surface area contributed by atoms with E-state index in [1.165, 1.54) is 0 Å². The van der Waals surface area contributed by atoms with E-state index < -0.39 is 0 Å². The molecule has 0 radical (unpaired) electrons. The van der Waals surface area contributed by atoms with Crippen LogP contribution < -0.4 is 5.73 Å². The molecule has 2 aliphatic rings. The lowest BCUT2D eigenvalue weighted by Gasteiger charge is -1.82. The SMILES string of the molecule is NC1=CC2=CN=CC2=C1. The van der Waals surface area contributed by atoms with Gasteiger partial charge >= 0.3 is 0 Å². The highest BCUT2D eigenvalue weighted by Gasteiger charge is 2.10. The Morgan fingerprint density at radius 2 is 2.11 bits per heavy atom. The predicted octanol–water partition coefficient (Wildman–Crippen LogP) is 0.737. The summed E-state index contributed by atoms with van der Waals surface area (Å²) in [5, 5.41) is 0. The summed E-state index contributed by atoms with van der Waals surface area (Å²) in [5.74, 6) is 0. The molecular formula is C7H6N2. The molecule has 0 saturated carbocycles. The first-order chi connectivity index (χ1) is 4.36. The maximum absolute atomic E-state index is 5.51. The van der Waals surface area contributed by atoms with E-state index in [-0.39, 0.29) is 0 Å². The summed E-state index contributed by atoms with van der Waals surface area (Å²) in [6.45, 7) is 0. The summed E-state index contributed by atoms with van der Waals surface area (Å²) >= 11 is 0. The van der Waals surface area contributed by atoms with Gasteiger partial charge in [-0.15, -0.1) is 0 Å². The van der Waals surface area contributed by atoms with Crippen molar-refractivity contribution in [1.29, 1.82) is 0 Å². The fourth-order valence-corrected chi connectivity index (χ4v) is 0.989. The lowest BCUT2D eigenvalue weighted by Crippen LogP contribution is -1.87. The number of hydrogen-bond donors (Lipinski definition) is 1. The van der Waals surface area contributed by atoms with Crippen molar-refractivity contribution in [1.82, 2.24) is 0 Å². The predicted molar refractivity (Wildman–Crippen MR) is 36.9 cm³/mol. The molecule has 2 nitrogen and oxygen atoms in total. The largest absolute Gasteiger partial charge is 0.399 e. The average molecular weight is 118 g/mol. The van der Waals surface area contributed by atoms with Crippen molar-refractivity contribution in [2.75, 3.05) is 0 Å². The first kappa shape index (κ1) is 4.56. The van der Waals surface area contributed by atoms with Crippen LogP contribution in [0.3, 0.4) is 0 Å². The molecule has 1 aliphatic heterocycles. The summed E-state index contributed by atoms with van der Waals surface area (Å²) in [6, 6.07) is 0. The Morgan fingerprint density at radius 1 is 1.22 bits per heavy atom. The molecule has 2 heteroatoms. The highest BCUT2D eigenvalue weighted by molar-refractivity contribution is 5.92. The zero-order chi connectivity index (χ0) is 6.27. The zero-order valence-corrected chi connectivity index (χ0v) is 4.83. The van der Waals surface area contributed by atoms with Crippen LogP contribution in [0, 0.1) is 0 Å². The smallest absolute Gasteiger partial charge is 0.0347 e. The maximum atomic E-state index is 5.51. The monoisotopic (exact) mass is 118 g/mol. The van der Waals surface area contributed by atoms with Crippen LogP contribution in [0.5, 0.6) is 0 Å². The van der Waals surface area contributed by atoms with Crippen molar-refractivity contribution in [2.45, 2.75) is 0 Å². The average Bonchev–Trinajstić information content (AvgIpc) is 2.22. The lowest BCUT2D eigenvalue weighted by atomic mass is 10.2. The first-order valence-electron chi connectivity index (χ1n) is 2.79. The van der Waals surface area contributed by atoms with Gasteiger partial charge in [-0.3, -0.25) is 4.99 Å². The molecule has 9 heavy (non-hydrogen) atoms. The quantitative estimate of drug-likeness (QED) is 0.500. The number of fused-ring (bicyclic) bond motifs is 1. The normalized spacial score (nSPS) is 21.1. The third-order valence-electron chi connectivity index (χ3n) is 1.40. The van der Waals surface area contributed by atoms with E-state index in [1.807, 2.05) is 24.6 Å². The molecule has 2 N–H and O–H groups in total. The van der Waals surface area contributed by atoms with Crippen molar-refractivity contribution in [2.24, 2.45) is 10.7 Å². The van der Waals surface area contributed by atoms with E-state index in [0.29, 0.717) is 0 Å². The Bertz CT molecular complexity index is 267. The van der Waals surface area contributed by atoms with Crippen LogP contribution in [0.25, 0.3) is 0 Å². The van der Waals surface area contributed by atoms with E-state index in [1.54, 1.807) is 0 Å². The Hall–Kier alpha value is -1.31. The Kier molecular flexibility index (Phi) is 0.681. The van der Waals surface area contributed by atoms with Gasteiger partial charge in [0, 0.05) is 29.3 Å². The summed E-state index contributed by atoms with van der Waals surface area (Å²) in [5.41, 5.74) is 8.59. The van der Waals surface area contributed by atoms with Gasteiger partial charge in [0.05, 0.1) is 0 Å². The number of rotatable bonds is 0. The highest BCUT2D eigenvalue weighted by atomic mass is 14.7. The second kappa shape index (κ2) is 1.35. The van der Waals surface area contributed by atoms with Crippen molar-refractivity contribution in [3.05, 3.63) is 35.2 Å². The Balaban J connectivity index is 2.53. The minimum absolute atomic E-state index is 0.822. The Labute approximate surface area is 53.1 Å². The minimum atomic E-state index is 0.822. The summed E-state index contributed by atoms with van der Waals surface area (Å²) < 4.78 is 0. The molecule has 0 bridgehead atoms. The van der Waals surface area contributed by atoms with Gasteiger partial charge in [0.2, 0.25) is 0 Å². The van der Waals surface area contributed by atoms with Crippen molar-refractivity contribution < 1.29 is 0 Å². The van der Waals surface area contributed by atoms with Gasteiger partial charge in [-0.05, 0) is 12.2 Å². The van der Waals surface area contributed by atoms with Crippen LogP contribution in [0.15, 0.2) is 40.2 Å². The van der Waals surface area contributed by atoms with Crippen LogP contribution >= 0.6 is 0 Å². The summed E-state index contributed by atoms with van der Waals surface area (Å²) in [6.07, 6.45) is 7.46. The highest BCUT2D eigenvalue weighted by Crippen LogP contribution is 2.22. The molecular weight excluding hydrogens is 112 g/mol. The van der Waals surface area contributed by atoms with Crippen LogP contribution in [-0.4, -0.2) is 6.21 Å². The molecule has 0 unspecified atom stereocenters. The van der Waals surface area contributed by atoms with Crippen LogP contribution in [0.1, 0.15) is 0 Å². The maximum Gasteiger partial charge on any atom is 0.0347 e. The molecule has 0 atom stereocenters. The third kappa shape index (κ3) is 0.528. The molecule has 0 fully saturated rings. The fourth-order valence-electron chi connectivity index (χ4n) is 0.989. The van der Waals surface area contributed by atoms with E-state index in [2.05, 4.69) is 4.99 Å². The number of allylic oxidation sites excluding steroid dienone is 4. The van der Waals surface area contributed by atoms with Gasteiger partial charge in [0.25, 0.3) is 0 Å². The van der Waals surface area contributed by atoms with Crippen molar-refractivity contribution >= 4 is 6.21 Å². The molecule has 0 saturated heterocycles. The number of nitrogens with two attached hydrogens (primary N) is 1. The molecule has 44 valence electrons. The zero-order valence-electron chi connectivity index (χ0n) is 4.83. The standard InChI is InChI=1S/C7H6N2/c8-7-1-5-3-9-4-6(5)2-7/h1-4H,8H2. The first-order valence-corrected chi connectivity index (χ1v) is 2.79. The topological polar surface area (TPSA) is 38.4 Å². The number of hydrogen-bond acceptors (Lipinski definition) is 2. The van der Waals surface area contributed by atoms with E-state index in [0.717, 1.165) is 16.8 Å². The number of nitrogens with zero attached hydrogens (tertiary/aromatic N) is 1. The van der Waals surface area contributed by atoms with Crippen LogP contribution in [0.2, 0.25) is 0 Å². The molecule has 0 aromatic heterocycles. The van der Waals surface area contributed by atoms with Crippen molar-refractivity contribution in [3.63, 3.8) is 0 Å². The second-order valence-corrected chi connectivity index (χ2v) is 2.11. The number of aliphatic imine (C=N–C) groups is 1. The second-order valence-electron chi connectivity index (χ2n) is 2.11. The summed E-state index contributed by atoms with van der Waals surface area (Å²) in [4.78, 5) is 3.95. The molecule has 1 aliphatic carbocycles. The molecule has 0 amide bonds. The van der Waals surface area contributed by atoms with Gasteiger partial charge in [-0.25, -0.2) is 0 Å². The summed E-state index contributed by atoms with van der Waals surface area (Å²) in [7, 11) is 0. The lowest BCUT2D eigenvalue weighted by molar-refractivity contribution is 1.45. The van der Waals surface area contributed by atoms with Gasteiger partial charge in [-0.2, -0.15) is 0 Å². The molecule has 0 aromatic rings. The van der Waals surface area contributed by atoms with Gasteiger partial charge in [-0.1, -0.05) is 0 Å². The fraction of sp³-hybridized carbons (Fsp3) is 0. The van der Waals surface area contributed by atoms with Crippen LogP contribution in [-0.2, 0) is 0 Å².